The lowest BCUT2D eigenvalue weighted by Gasteiger charge is -2.23. The van der Waals surface area contributed by atoms with Crippen molar-refractivity contribution in [3.63, 3.8) is 0 Å². The number of carbonyl (C=O) groups excluding carboxylic acids is 3. The third-order valence-corrected chi connectivity index (χ3v) is 5.96. The zero-order chi connectivity index (χ0) is 21.5. The quantitative estimate of drug-likeness (QED) is 0.587. The summed E-state index contributed by atoms with van der Waals surface area (Å²) in [5.74, 6) is 0.105. The Morgan fingerprint density at radius 3 is 2.50 bits per heavy atom. The summed E-state index contributed by atoms with van der Waals surface area (Å²) in [6, 6.07) is 10.1. The normalized spacial score (nSPS) is 20.2. The number of nitrogens with zero attached hydrogens (tertiary/aromatic N) is 1. The number of ether oxygens (including phenoxy) is 2. The van der Waals surface area contributed by atoms with E-state index in [-0.39, 0.29) is 12.3 Å². The van der Waals surface area contributed by atoms with E-state index in [0.717, 1.165) is 29.7 Å². The molecule has 1 N–H and O–H groups in total. The van der Waals surface area contributed by atoms with E-state index >= 15 is 0 Å². The van der Waals surface area contributed by atoms with Gasteiger partial charge in [0.25, 0.3) is 5.91 Å². The maximum Gasteiger partial charge on any atom is 0.325 e. The maximum absolute atomic E-state index is 13.2. The van der Waals surface area contributed by atoms with Crippen molar-refractivity contribution in [3.8, 4) is 11.5 Å². The van der Waals surface area contributed by atoms with Crippen LogP contribution in [0, 0.1) is 0 Å². The number of rotatable bonds is 6. The van der Waals surface area contributed by atoms with Gasteiger partial charge in [-0.1, -0.05) is 18.2 Å². The van der Waals surface area contributed by atoms with Crippen LogP contribution >= 0.6 is 0 Å². The molecule has 0 bridgehead atoms. The van der Waals surface area contributed by atoms with Gasteiger partial charge in [0.05, 0.1) is 20.8 Å². The molecule has 0 saturated carbocycles. The predicted octanol–water partition coefficient (Wildman–Crippen LogP) is 2.84. The summed E-state index contributed by atoms with van der Waals surface area (Å²) in [7, 11) is 2.98. The molecule has 2 aromatic rings. The predicted molar refractivity (Wildman–Crippen MR) is 110 cm³/mol. The molecule has 1 heterocycles. The van der Waals surface area contributed by atoms with Crippen molar-refractivity contribution in [1.82, 2.24) is 10.2 Å². The van der Waals surface area contributed by atoms with E-state index in [2.05, 4.69) is 5.32 Å². The minimum Gasteiger partial charge on any atom is -0.493 e. The minimum atomic E-state index is -1.19. The molecule has 7 nitrogen and oxygen atoms in total. The van der Waals surface area contributed by atoms with Crippen LogP contribution in [0.5, 0.6) is 11.5 Å². The molecule has 0 unspecified atom stereocenters. The molecule has 1 aliphatic carbocycles. The highest BCUT2D eigenvalue weighted by atomic mass is 16.5. The summed E-state index contributed by atoms with van der Waals surface area (Å²) in [6.07, 6.45) is 3.11. The molecular weight excluding hydrogens is 384 g/mol. The van der Waals surface area contributed by atoms with Gasteiger partial charge in [-0.05, 0) is 61.1 Å². The summed E-state index contributed by atoms with van der Waals surface area (Å²) in [4.78, 5) is 39.5. The fraction of sp³-hybridized carbons (Fsp3) is 0.348. The summed E-state index contributed by atoms with van der Waals surface area (Å²) >= 11 is 0. The van der Waals surface area contributed by atoms with Gasteiger partial charge in [-0.3, -0.25) is 14.5 Å². The molecule has 1 atom stereocenters. The van der Waals surface area contributed by atoms with Crippen LogP contribution in [-0.2, 0) is 23.2 Å². The lowest BCUT2D eigenvalue weighted by molar-refractivity contribution is -0.130. The van der Waals surface area contributed by atoms with E-state index in [9.17, 15) is 14.4 Å². The third-order valence-electron chi connectivity index (χ3n) is 5.96. The molecule has 3 amide bonds. The maximum atomic E-state index is 13.2. The number of fused-ring (bicyclic) bond motifs is 1. The molecule has 0 spiro atoms. The summed E-state index contributed by atoms with van der Waals surface area (Å²) in [5.41, 5.74) is 2.39. The number of carbonyl (C=O) groups is 3. The number of hydrogen-bond acceptors (Lipinski definition) is 5. The van der Waals surface area contributed by atoms with E-state index in [1.54, 1.807) is 25.1 Å². The molecule has 2 aromatic carbocycles. The first-order chi connectivity index (χ1) is 14.4. The number of benzene rings is 2. The molecule has 1 saturated heterocycles. The van der Waals surface area contributed by atoms with Gasteiger partial charge in [-0.15, -0.1) is 0 Å². The van der Waals surface area contributed by atoms with Crippen LogP contribution in [0.2, 0.25) is 0 Å². The number of nitrogens with one attached hydrogen (secondary N) is 1. The second-order valence-electron chi connectivity index (χ2n) is 7.78. The van der Waals surface area contributed by atoms with Crippen molar-refractivity contribution in [3.05, 3.63) is 58.7 Å². The fourth-order valence-electron chi connectivity index (χ4n) is 4.16. The van der Waals surface area contributed by atoms with Crippen LogP contribution in [0.15, 0.2) is 36.4 Å². The average Bonchev–Trinajstić information content (AvgIpc) is 3.31. The average molecular weight is 408 g/mol. The van der Waals surface area contributed by atoms with Crippen molar-refractivity contribution < 1.29 is 23.9 Å². The first kappa shape index (κ1) is 19.9. The smallest absolute Gasteiger partial charge is 0.325 e. The van der Waals surface area contributed by atoms with Crippen LogP contribution in [0.3, 0.4) is 0 Å². The summed E-state index contributed by atoms with van der Waals surface area (Å²) < 4.78 is 10.4. The highest BCUT2D eigenvalue weighted by Gasteiger charge is 2.49. The third kappa shape index (κ3) is 3.20. The first-order valence-electron chi connectivity index (χ1n) is 9.89. The Morgan fingerprint density at radius 2 is 1.77 bits per heavy atom. The number of ketones is 1. The van der Waals surface area contributed by atoms with Crippen LogP contribution in [0.1, 0.15) is 40.4 Å². The van der Waals surface area contributed by atoms with E-state index in [1.165, 1.54) is 25.3 Å². The topological polar surface area (TPSA) is 84.9 Å². The van der Waals surface area contributed by atoms with Crippen LogP contribution in [0.4, 0.5) is 4.79 Å². The van der Waals surface area contributed by atoms with E-state index in [0.29, 0.717) is 17.1 Å². The SMILES string of the molecule is COc1ccc(C(=O)CN2C(=O)N[C@](C)(c3ccc4c(c3)CCC4)C2=O)cc1OC. The Bertz CT molecular complexity index is 1050. The Hall–Kier alpha value is -3.35. The van der Waals surface area contributed by atoms with Gasteiger partial charge in [0.1, 0.15) is 5.54 Å². The molecule has 1 aliphatic heterocycles. The highest BCUT2D eigenvalue weighted by Crippen LogP contribution is 2.33. The number of hydrogen-bond donors (Lipinski definition) is 1. The van der Waals surface area contributed by atoms with Crippen LogP contribution in [0.25, 0.3) is 0 Å². The Balaban J connectivity index is 1.56. The zero-order valence-corrected chi connectivity index (χ0v) is 17.3. The molecule has 1 fully saturated rings. The number of methoxy groups -OCH3 is 2. The van der Waals surface area contributed by atoms with Crippen LogP contribution in [-0.4, -0.2) is 43.4 Å². The largest absolute Gasteiger partial charge is 0.493 e. The van der Waals surface area contributed by atoms with Crippen molar-refractivity contribution in [2.24, 2.45) is 0 Å². The van der Waals surface area contributed by atoms with Gasteiger partial charge in [0.15, 0.2) is 17.3 Å². The molecule has 156 valence electrons. The molecule has 7 heteroatoms. The number of urea groups is 1. The molecular formula is C23H24N2O5. The summed E-state index contributed by atoms with van der Waals surface area (Å²) in [5, 5.41) is 2.78. The molecule has 0 radical (unpaired) electrons. The lowest BCUT2D eigenvalue weighted by Crippen LogP contribution is -2.41. The Morgan fingerprint density at radius 1 is 1.03 bits per heavy atom. The van der Waals surface area contributed by atoms with Gasteiger partial charge >= 0.3 is 6.03 Å². The number of aryl methyl sites for hydroxylation is 2. The van der Waals surface area contributed by atoms with Gasteiger partial charge in [0, 0.05) is 5.56 Å². The lowest BCUT2D eigenvalue weighted by atomic mass is 9.89. The second kappa shape index (κ2) is 7.48. The number of amides is 3. The van der Waals surface area contributed by atoms with E-state index < -0.39 is 17.5 Å². The van der Waals surface area contributed by atoms with Gasteiger partial charge in [-0.25, -0.2) is 4.79 Å². The van der Waals surface area contributed by atoms with Crippen molar-refractivity contribution in [2.75, 3.05) is 20.8 Å². The van der Waals surface area contributed by atoms with E-state index in [1.807, 2.05) is 18.2 Å². The molecule has 0 aromatic heterocycles. The molecule has 30 heavy (non-hydrogen) atoms. The number of imide groups is 1. The first-order valence-corrected chi connectivity index (χ1v) is 9.89. The second-order valence-corrected chi connectivity index (χ2v) is 7.78. The number of Topliss-reactive ketones (excluding diaryl/α,β-unsaturated/α-hetero) is 1. The van der Waals surface area contributed by atoms with Crippen molar-refractivity contribution in [1.29, 1.82) is 0 Å². The standard InChI is InChI=1S/C23H24N2O5/c1-23(17-9-7-14-5-4-6-15(14)11-17)21(27)25(22(28)24-23)13-18(26)16-8-10-19(29-2)20(12-16)30-3/h7-12H,4-6,13H2,1-3H3,(H,24,28)/t23-/m1/s1. The van der Waals surface area contributed by atoms with Gasteiger partial charge in [-0.2, -0.15) is 0 Å². The van der Waals surface area contributed by atoms with Gasteiger partial charge < -0.3 is 14.8 Å². The molecule has 2 aliphatic rings. The molecule has 4 rings (SSSR count). The monoisotopic (exact) mass is 408 g/mol. The highest BCUT2D eigenvalue weighted by molar-refractivity contribution is 6.11. The van der Waals surface area contributed by atoms with Crippen molar-refractivity contribution >= 4 is 17.7 Å². The van der Waals surface area contributed by atoms with Gasteiger partial charge in [0.2, 0.25) is 0 Å². The van der Waals surface area contributed by atoms with Crippen molar-refractivity contribution in [2.45, 2.75) is 31.7 Å². The van der Waals surface area contributed by atoms with E-state index in [4.69, 9.17) is 9.47 Å². The Labute approximate surface area is 175 Å². The Kier molecular flexibility index (Phi) is 4.97. The van der Waals surface area contributed by atoms with Crippen LogP contribution < -0.4 is 14.8 Å². The fourth-order valence-corrected chi connectivity index (χ4v) is 4.16. The summed E-state index contributed by atoms with van der Waals surface area (Å²) in [6.45, 7) is 1.34. The minimum absolute atomic E-state index is 0.333. The zero-order valence-electron chi connectivity index (χ0n) is 17.3.